The molecule has 88 valence electrons. The van der Waals surface area contributed by atoms with Crippen LogP contribution in [0.3, 0.4) is 0 Å². The Labute approximate surface area is 103 Å². The second kappa shape index (κ2) is 5.12. The third-order valence-electron chi connectivity index (χ3n) is 2.19. The lowest BCUT2D eigenvalue weighted by molar-refractivity contribution is 0.470. The van der Waals surface area contributed by atoms with Crippen LogP contribution in [0, 0.1) is 5.82 Å². The molecule has 0 spiro atoms. The quantitative estimate of drug-likeness (QED) is 0.913. The summed E-state index contributed by atoms with van der Waals surface area (Å²) >= 11 is 5.90. The smallest absolute Gasteiger partial charge is 0.148 e. The predicted molar refractivity (Wildman–Crippen MR) is 63.6 cm³/mol. The van der Waals surface area contributed by atoms with Crippen LogP contribution in [0.2, 0.25) is 5.02 Å². The van der Waals surface area contributed by atoms with Gasteiger partial charge in [0.2, 0.25) is 0 Å². The van der Waals surface area contributed by atoms with Gasteiger partial charge in [-0.05, 0) is 18.2 Å². The molecule has 3 nitrogen and oxygen atoms in total. The van der Waals surface area contributed by atoms with Gasteiger partial charge in [0.25, 0.3) is 0 Å². The van der Waals surface area contributed by atoms with E-state index in [0.717, 1.165) is 5.56 Å². The zero-order valence-corrected chi connectivity index (χ0v) is 9.62. The maximum atomic E-state index is 13.1. The molecule has 5 heteroatoms. The van der Waals surface area contributed by atoms with Crippen molar-refractivity contribution in [2.75, 3.05) is 0 Å². The van der Waals surface area contributed by atoms with Crippen molar-refractivity contribution >= 4 is 11.6 Å². The molecule has 2 N–H and O–H groups in total. The number of nitrogens with two attached hydrogens (primary N) is 1. The monoisotopic (exact) mass is 252 g/mol. The van der Waals surface area contributed by atoms with Crippen molar-refractivity contribution in [2.24, 2.45) is 5.73 Å². The zero-order valence-electron chi connectivity index (χ0n) is 8.86. The van der Waals surface area contributed by atoms with Gasteiger partial charge in [-0.1, -0.05) is 11.6 Å². The average Bonchev–Trinajstić information content (AvgIpc) is 2.34. The molecule has 0 aliphatic heterocycles. The first-order valence-corrected chi connectivity index (χ1v) is 5.34. The third-order valence-corrected chi connectivity index (χ3v) is 2.50. The highest BCUT2D eigenvalue weighted by molar-refractivity contribution is 6.32. The topological polar surface area (TPSA) is 48.1 Å². The van der Waals surface area contributed by atoms with E-state index in [1.807, 2.05) is 0 Å². The Morgan fingerprint density at radius 2 is 2.12 bits per heavy atom. The van der Waals surface area contributed by atoms with Crippen molar-refractivity contribution in [1.82, 2.24) is 4.98 Å². The lowest BCUT2D eigenvalue weighted by Gasteiger charge is -2.10. The van der Waals surface area contributed by atoms with E-state index in [1.165, 1.54) is 18.2 Å². The largest absolute Gasteiger partial charge is 0.455 e. The van der Waals surface area contributed by atoms with Gasteiger partial charge in [-0.3, -0.25) is 4.98 Å². The number of halogens is 2. The Hall–Kier alpha value is -1.65. The summed E-state index contributed by atoms with van der Waals surface area (Å²) in [4.78, 5) is 3.93. The number of hydrogen-bond donors (Lipinski definition) is 1. The number of pyridine rings is 1. The van der Waals surface area contributed by atoms with Gasteiger partial charge in [-0.2, -0.15) is 0 Å². The van der Waals surface area contributed by atoms with Crippen molar-refractivity contribution < 1.29 is 9.13 Å². The first-order chi connectivity index (χ1) is 8.20. The van der Waals surface area contributed by atoms with Gasteiger partial charge in [-0.25, -0.2) is 4.39 Å². The molecule has 0 radical (unpaired) electrons. The molecule has 0 aliphatic carbocycles. The molecule has 0 aliphatic rings. The maximum absolute atomic E-state index is 13.1. The summed E-state index contributed by atoms with van der Waals surface area (Å²) in [5, 5.41) is 0.339. The summed E-state index contributed by atoms with van der Waals surface area (Å²) < 4.78 is 18.6. The molecule has 0 unspecified atom stereocenters. The van der Waals surface area contributed by atoms with E-state index in [2.05, 4.69) is 4.98 Å². The fourth-order valence-electron chi connectivity index (χ4n) is 1.34. The first kappa shape index (κ1) is 11.8. The average molecular weight is 253 g/mol. The molecular weight excluding hydrogens is 243 g/mol. The van der Waals surface area contributed by atoms with Crippen LogP contribution >= 0.6 is 11.6 Å². The molecule has 0 amide bonds. The van der Waals surface area contributed by atoms with E-state index in [4.69, 9.17) is 22.1 Å². The molecule has 0 saturated heterocycles. The summed E-state index contributed by atoms with van der Waals surface area (Å²) in [6, 6.07) is 5.59. The summed E-state index contributed by atoms with van der Waals surface area (Å²) in [6.45, 7) is 0.288. The van der Waals surface area contributed by atoms with Crippen molar-refractivity contribution in [2.45, 2.75) is 6.54 Å². The van der Waals surface area contributed by atoms with Crippen LogP contribution in [0.25, 0.3) is 0 Å². The van der Waals surface area contributed by atoms with Gasteiger partial charge >= 0.3 is 0 Å². The Morgan fingerprint density at radius 1 is 1.29 bits per heavy atom. The third kappa shape index (κ3) is 2.72. The highest BCUT2D eigenvalue weighted by atomic mass is 35.5. The number of nitrogens with zero attached hydrogens (tertiary/aromatic N) is 1. The van der Waals surface area contributed by atoms with Crippen LogP contribution in [-0.2, 0) is 6.54 Å². The molecule has 1 heterocycles. The van der Waals surface area contributed by atoms with Gasteiger partial charge < -0.3 is 10.5 Å². The second-order valence-electron chi connectivity index (χ2n) is 3.36. The summed E-state index contributed by atoms with van der Waals surface area (Å²) in [5.74, 6) is 0.371. The van der Waals surface area contributed by atoms with Crippen molar-refractivity contribution in [1.29, 1.82) is 0 Å². The molecule has 1 aromatic carbocycles. The van der Waals surface area contributed by atoms with Gasteiger partial charge in [0.15, 0.2) is 0 Å². The SMILES string of the molecule is NCc1cnccc1Oc1cc(F)ccc1Cl. The fraction of sp³-hybridized carbons (Fsp3) is 0.0833. The minimum Gasteiger partial charge on any atom is -0.455 e. The lowest BCUT2D eigenvalue weighted by Crippen LogP contribution is -2.00. The number of hydrogen-bond acceptors (Lipinski definition) is 3. The Bertz CT molecular complexity index is 534. The number of aromatic nitrogens is 1. The molecule has 2 rings (SSSR count). The standard InChI is InChI=1S/C12H10ClFN2O/c13-10-2-1-9(14)5-12(10)17-11-3-4-16-7-8(11)6-15/h1-5,7H,6,15H2. The molecule has 0 saturated carbocycles. The van der Waals surface area contributed by atoms with E-state index in [1.54, 1.807) is 18.5 Å². The zero-order chi connectivity index (χ0) is 12.3. The van der Waals surface area contributed by atoms with E-state index in [-0.39, 0.29) is 12.3 Å². The van der Waals surface area contributed by atoms with E-state index < -0.39 is 5.82 Å². The Morgan fingerprint density at radius 3 is 2.88 bits per heavy atom. The molecule has 0 bridgehead atoms. The molecule has 2 aromatic rings. The summed E-state index contributed by atoms with van der Waals surface area (Å²) in [7, 11) is 0. The Kier molecular flexibility index (Phi) is 3.56. The van der Waals surface area contributed by atoms with Crippen molar-refractivity contribution in [3.05, 3.63) is 53.1 Å². The second-order valence-corrected chi connectivity index (χ2v) is 3.77. The number of rotatable bonds is 3. The normalized spacial score (nSPS) is 10.3. The van der Waals surface area contributed by atoms with Gasteiger partial charge in [-0.15, -0.1) is 0 Å². The summed E-state index contributed by atoms with van der Waals surface area (Å²) in [6.07, 6.45) is 3.17. The number of ether oxygens (including phenoxy) is 1. The summed E-state index contributed by atoms with van der Waals surface area (Å²) in [5.41, 5.74) is 6.27. The lowest BCUT2D eigenvalue weighted by atomic mass is 10.2. The van der Waals surface area contributed by atoms with Crippen molar-refractivity contribution in [3.8, 4) is 11.5 Å². The molecule has 0 fully saturated rings. The minimum absolute atomic E-state index is 0.257. The van der Waals surface area contributed by atoms with Crippen LogP contribution in [0.1, 0.15) is 5.56 Å². The fourth-order valence-corrected chi connectivity index (χ4v) is 1.50. The highest BCUT2D eigenvalue weighted by Crippen LogP contribution is 2.31. The maximum Gasteiger partial charge on any atom is 0.148 e. The first-order valence-electron chi connectivity index (χ1n) is 4.96. The van der Waals surface area contributed by atoms with E-state index in [0.29, 0.717) is 10.8 Å². The molecule has 1 aromatic heterocycles. The predicted octanol–water partition coefficient (Wildman–Crippen LogP) is 3.13. The van der Waals surface area contributed by atoms with Crippen LogP contribution < -0.4 is 10.5 Å². The van der Waals surface area contributed by atoms with Crippen LogP contribution in [-0.4, -0.2) is 4.98 Å². The van der Waals surface area contributed by atoms with Gasteiger partial charge in [0.1, 0.15) is 17.3 Å². The van der Waals surface area contributed by atoms with E-state index >= 15 is 0 Å². The minimum atomic E-state index is -0.409. The van der Waals surface area contributed by atoms with Crippen LogP contribution in [0.15, 0.2) is 36.7 Å². The van der Waals surface area contributed by atoms with E-state index in [9.17, 15) is 4.39 Å². The number of benzene rings is 1. The Balaban J connectivity index is 2.34. The van der Waals surface area contributed by atoms with Gasteiger partial charge in [0.05, 0.1) is 5.02 Å². The van der Waals surface area contributed by atoms with Crippen molar-refractivity contribution in [3.63, 3.8) is 0 Å². The van der Waals surface area contributed by atoms with Crippen LogP contribution in [0.5, 0.6) is 11.5 Å². The highest BCUT2D eigenvalue weighted by Gasteiger charge is 2.07. The van der Waals surface area contributed by atoms with Crippen LogP contribution in [0.4, 0.5) is 4.39 Å². The molecule has 0 atom stereocenters. The molecular formula is C12H10ClFN2O. The van der Waals surface area contributed by atoms with Gasteiger partial charge in [0, 0.05) is 30.6 Å². The molecule has 17 heavy (non-hydrogen) atoms.